The van der Waals surface area contributed by atoms with E-state index >= 15 is 0 Å². The fourth-order valence-corrected chi connectivity index (χ4v) is 1.14. The van der Waals surface area contributed by atoms with Gasteiger partial charge in [-0.3, -0.25) is 4.79 Å². The number of ether oxygens (including phenoxy) is 1. The first-order chi connectivity index (χ1) is 7.63. The lowest BCUT2D eigenvalue weighted by atomic mass is 10.2. The SMILES string of the molecule is CCOC(=O)CNc1cccc(C(=O)[O-])c1. The minimum atomic E-state index is -1.25. The van der Waals surface area contributed by atoms with E-state index in [4.69, 9.17) is 4.74 Å². The minimum absolute atomic E-state index is 0.00431. The average Bonchev–Trinajstić information content (AvgIpc) is 2.27. The van der Waals surface area contributed by atoms with Gasteiger partial charge in [-0.25, -0.2) is 0 Å². The van der Waals surface area contributed by atoms with Crippen LogP contribution in [0.4, 0.5) is 5.69 Å². The molecule has 5 nitrogen and oxygen atoms in total. The Morgan fingerprint density at radius 3 is 2.81 bits per heavy atom. The highest BCUT2D eigenvalue weighted by molar-refractivity contribution is 5.87. The van der Waals surface area contributed by atoms with Crippen LogP contribution in [0.5, 0.6) is 0 Å². The Hall–Kier alpha value is -2.04. The summed E-state index contributed by atoms with van der Waals surface area (Å²) in [6.07, 6.45) is 0. The van der Waals surface area contributed by atoms with Gasteiger partial charge in [0, 0.05) is 5.69 Å². The Balaban J connectivity index is 2.57. The highest BCUT2D eigenvalue weighted by atomic mass is 16.5. The molecule has 16 heavy (non-hydrogen) atoms. The summed E-state index contributed by atoms with van der Waals surface area (Å²) in [5.74, 6) is -1.64. The number of anilines is 1. The Morgan fingerprint density at radius 1 is 1.44 bits per heavy atom. The smallest absolute Gasteiger partial charge is 0.325 e. The highest BCUT2D eigenvalue weighted by Crippen LogP contribution is 2.09. The second-order valence-electron chi connectivity index (χ2n) is 3.03. The average molecular weight is 222 g/mol. The fraction of sp³-hybridized carbons (Fsp3) is 0.273. The van der Waals surface area contributed by atoms with Crippen molar-refractivity contribution in [3.05, 3.63) is 29.8 Å². The van der Waals surface area contributed by atoms with Crippen molar-refractivity contribution in [2.45, 2.75) is 6.92 Å². The molecule has 0 amide bonds. The van der Waals surface area contributed by atoms with E-state index in [1.165, 1.54) is 12.1 Å². The van der Waals surface area contributed by atoms with E-state index in [0.29, 0.717) is 12.3 Å². The lowest BCUT2D eigenvalue weighted by Crippen LogP contribution is -2.22. The zero-order chi connectivity index (χ0) is 12.0. The summed E-state index contributed by atoms with van der Waals surface area (Å²) in [5.41, 5.74) is 0.601. The van der Waals surface area contributed by atoms with E-state index in [0.717, 1.165) is 0 Å². The van der Waals surface area contributed by atoms with E-state index in [9.17, 15) is 14.7 Å². The van der Waals surface area contributed by atoms with Gasteiger partial charge in [0.25, 0.3) is 0 Å². The van der Waals surface area contributed by atoms with Crippen LogP contribution in [0.2, 0.25) is 0 Å². The number of rotatable bonds is 5. The molecule has 0 aliphatic heterocycles. The molecule has 0 unspecified atom stereocenters. The highest BCUT2D eigenvalue weighted by Gasteiger charge is 2.01. The van der Waals surface area contributed by atoms with E-state index < -0.39 is 5.97 Å². The van der Waals surface area contributed by atoms with Gasteiger partial charge in [-0.15, -0.1) is 0 Å². The molecule has 0 radical (unpaired) electrons. The number of hydrogen-bond acceptors (Lipinski definition) is 5. The topological polar surface area (TPSA) is 78.5 Å². The number of nitrogens with one attached hydrogen (secondary N) is 1. The molecule has 0 aliphatic rings. The van der Waals surface area contributed by atoms with Crippen LogP contribution in [0.15, 0.2) is 24.3 Å². The van der Waals surface area contributed by atoms with Crippen LogP contribution in [0.1, 0.15) is 17.3 Å². The first-order valence-corrected chi connectivity index (χ1v) is 4.84. The molecular formula is C11H12NO4-. The molecule has 1 aromatic carbocycles. The third-order valence-electron chi connectivity index (χ3n) is 1.84. The summed E-state index contributed by atoms with van der Waals surface area (Å²) in [6.45, 7) is 2.04. The normalized spacial score (nSPS) is 9.56. The summed E-state index contributed by atoms with van der Waals surface area (Å²) < 4.78 is 4.71. The van der Waals surface area contributed by atoms with Crippen LogP contribution in [0, 0.1) is 0 Å². The maximum absolute atomic E-state index is 11.0. The molecule has 5 heteroatoms. The summed E-state index contributed by atoms with van der Waals surface area (Å²) >= 11 is 0. The molecule has 1 N–H and O–H groups in total. The molecule has 0 saturated heterocycles. The van der Waals surface area contributed by atoms with Gasteiger partial charge in [0.05, 0.1) is 12.6 Å². The predicted molar refractivity (Wildman–Crippen MR) is 55.9 cm³/mol. The van der Waals surface area contributed by atoms with Crippen LogP contribution in [-0.4, -0.2) is 25.1 Å². The second kappa shape index (κ2) is 5.75. The molecule has 0 saturated carbocycles. The number of carboxylic acids is 1. The molecule has 0 bridgehead atoms. The molecule has 0 atom stereocenters. The van der Waals surface area contributed by atoms with Crippen molar-refractivity contribution in [2.24, 2.45) is 0 Å². The van der Waals surface area contributed by atoms with Gasteiger partial charge in [0.1, 0.15) is 6.54 Å². The van der Waals surface area contributed by atoms with Crippen LogP contribution in [0.25, 0.3) is 0 Å². The van der Waals surface area contributed by atoms with Gasteiger partial charge in [-0.2, -0.15) is 0 Å². The van der Waals surface area contributed by atoms with Gasteiger partial charge in [0.2, 0.25) is 0 Å². The molecule has 0 aromatic heterocycles. The number of carboxylic acid groups (broad SMARTS) is 1. The molecule has 0 aliphatic carbocycles. The number of carbonyl (C=O) groups is 2. The molecule has 0 spiro atoms. The molecule has 0 fully saturated rings. The summed E-state index contributed by atoms with van der Waals surface area (Å²) in [4.78, 5) is 21.6. The van der Waals surface area contributed by atoms with Crippen molar-refractivity contribution >= 4 is 17.6 Å². The Bertz CT molecular complexity index is 389. The first-order valence-electron chi connectivity index (χ1n) is 4.84. The van der Waals surface area contributed by atoms with Crippen molar-refractivity contribution in [1.29, 1.82) is 0 Å². The van der Waals surface area contributed by atoms with Crippen LogP contribution in [0.3, 0.4) is 0 Å². The third-order valence-corrected chi connectivity index (χ3v) is 1.84. The molecule has 0 heterocycles. The predicted octanol–water partition coefficient (Wildman–Crippen LogP) is 0.0251. The van der Waals surface area contributed by atoms with Gasteiger partial charge in [0.15, 0.2) is 0 Å². The molecular weight excluding hydrogens is 210 g/mol. The van der Waals surface area contributed by atoms with Crippen LogP contribution < -0.4 is 10.4 Å². The molecule has 86 valence electrons. The van der Waals surface area contributed by atoms with Crippen LogP contribution >= 0.6 is 0 Å². The summed E-state index contributed by atoms with van der Waals surface area (Å²) in [5, 5.41) is 13.3. The van der Waals surface area contributed by atoms with Crippen molar-refractivity contribution in [3.63, 3.8) is 0 Å². The number of aromatic carboxylic acids is 1. The lowest BCUT2D eigenvalue weighted by molar-refractivity contribution is -0.255. The van der Waals surface area contributed by atoms with E-state index in [2.05, 4.69) is 5.32 Å². The zero-order valence-corrected chi connectivity index (χ0v) is 8.86. The number of benzene rings is 1. The molecule has 1 rings (SSSR count). The standard InChI is InChI=1S/C11H13NO4/c1-2-16-10(13)7-12-9-5-3-4-8(6-9)11(14)15/h3-6,12H,2,7H2,1H3,(H,14,15)/p-1. The van der Waals surface area contributed by atoms with Gasteiger partial charge >= 0.3 is 5.97 Å². The van der Waals surface area contributed by atoms with Crippen molar-refractivity contribution in [2.75, 3.05) is 18.5 Å². The van der Waals surface area contributed by atoms with Gasteiger partial charge in [-0.1, -0.05) is 12.1 Å². The van der Waals surface area contributed by atoms with E-state index in [1.807, 2.05) is 0 Å². The molecule has 1 aromatic rings. The number of hydrogen-bond donors (Lipinski definition) is 1. The Kier molecular flexibility index (Phi) is 4.32. The van der Waals surface area contributed by atoms with Gasteiger partial charge in [-0.05, 0) is 24.6 Å². The van der Waals surface area contributed by atoms with Crippen molar-refractivity contribution < 1.29 is 19.4 Å². The Labute approximate surface area is 93.0 Å². The summed E-state index contributed by atoms with van der Waals surface area (Å²) in [6, 6.07) is 6.05. The first kappa shape index (κ1) is 12.0. The summed E-state index contributed by atoms with van der Waals surface area (Å²) in [7, 11) is 0. The lowest BCUT2D eigenvalue weighted by Gasteiger charge is -2.08. The maximum Gasteiger partial charge on any atom is 0.325 e. The van der Waals surface area contributed by atoms with E-state index in [1.54, 1.807) is 19.1 Å². The van der Waals surface area contributed by atoms with Crippen molar-refractivity contribution in [3.8, 4) is 0 Å². The monoisotopic (exact) mass is 222 g/mol. The largest absolute Gasteiger partial charge is 0.545 e. The number of carbonyl (C=O) groups excluding carboxylic acids is 2. The van der Waals surface area contributed by atoms with E-state index in [-0.39, 0.29) is 18.1 Å². The third kappa shape index (κ3) is 3.61. The number of esters is 1. The quantitative estimate of drug-likeness (QED) is 0.711. The maximum atomic E-state index is 11.0. The second-order valence-corrected chi connectivity index (χ2v) is 3.03. The Morgan fingerprint density at radius 2 is 2.19 bits per heavy atom. The fourth-order valence-electron chi connectivity index (χ4n) is 1.14. The van der Waals surface area contributed by atoms with Gasteiger partial charge < -0.3 is 20.0 Å². The zero-order valence-electron chi connectivity index (χ0n) is 8.86. The van der Waals surface area contributed by atoms with Crippen molar-refractivity contribution in [1.82, 2.24) is 0 Å². The minimum Gasteiger partial charge on any atom is -0.545 e. The van der Waals surface area contributed by atoms with Crippen LogP contribution in [-0.2, 0) is 9.53 Å².